The lowest BCUT2D eigenvalue weighted by Gasteiger charge is -2.29. The number of nitrogens with zero attached hydrogens (tertiary/aromatic N) is 1. The number of aryl methyl sites for hydroxylation is 1. The minimum Gasteiger partial charge on any atom is -0.461 e. The van der Waals surface area contributed by atoms with E-state index in [0.717, 1.165) is 12.8 Å². The first-order valence-corrected chi connectivity index (χ1v) is 9.04. The minimum atomic E-state index is -0.845. The standard InChI is InChI=1S/C18H28N2O6/c1-13(2)26-18(8-4-5-9-18)16(22)25-12-14(24-3)6-10-20-11-7-15(21)19-17(20)23/h7,11,13-14H,4-6,8-10,12H2,1-3H3,(H,19,21,23). The Morgan fingerprint density at radius 1 is 1.31 bits per heavy atom. The highest BCUT2D eigenvalue weighted by atomic mass is 16.6. The Balaban J connectivity index is 1.90. The van der Waals surface area contributed by atoms with Gasteiger partial charge in [-0.15, -0.1) is 0 Å². The molecule has 1 unspecified atom stereocenters. The molecule has 146 valence electrons. The van der Waals surface area contributed by atoms with Crippen LogP contribution in [0.5, 0.6) is 0 Å². The molecule has 8 nitrogen and oxygen atoms in total. The van der Waals surface area contributed by atoms with Gasteiger partial charge in [-0.3, -0.25) is 9.78 Å². The van der Waals surface area contributed by atoms with Crippen LogP contribution in [-0.2, 0) is 25.5 Å². The summed E-state index contributed by atoms with van der Waals surface area (Å²) in [4.78, 5) is 37.6. The Kier molecular flexibility index (Phi) is 7.16. The Bertz CT molecular complexity index is 702. The van der Waals surface area contributed by atoms with Crippen molar-refractivity contribution < 1.29 is 19.0 Å². The van der Waals surface area contributed by atoms with E-state index in [2.05, 4.69) is 4.98 Å². The fraction of sp³-hybridized carbons (Fsp3) is 0.722. The fourth-order valence-electron chi connectivity index (χ4n) is 3.24. The third-order valence-electron chi connectivity index (χ3n) is 4.57. The van der Waals surface area contributed by atoms with E-state index in [4.69, 9.17) is 14.2 Å². The van der Waals surface area contributed by atoms with Gasteiger partial charge in [0.1, 0.15) is 6.61 Å². The van der Waals surface area contributed by atoms with Crippen molar-refractivity contribution in [1.82, 2.24) is 9.55 Å². The number of carbonyl (C=O) groups excluding carboxylic acids is 1. The third kappa shape index (κ3) is 5.28. The predicted octanol–water partition coefficient (Wildman–Crippen LogP) is 1.22. The van der Waals surface area contributed by atoms with Crippen LogP contribution in [0.2, 0.25) is 0 Å². The zero-order valence-corrected chi connectivity index (χ0v) is 15.7. The first-order valence-electron chi connectivity index (χ1n) is 9.04. The number of H-pyrrole nitrogens is 1. The molecule has 1 aromatic rings. The molecule has 0 aromatic carbocycles. The van der Waals surface area contributed by atoms with E-state index in [1.807, 2.05) is 13.8 Å². The highest BCUT2D eigenvalue weighted by Gasteiger charge is 2.44. The third-order valence-corrected chi connectivity index (χ3v) is 4.57. The van der Waals surface area contributed by atoms with Crippen LogP contribution < -0.4 is 11.2 Å². The number of esters is 1. The van der Waals surface area contributed by atoms with Gasteiger partial charge >= 0.3 is 11.7 Å². The van der Waals surface area contributed by atoms with Gasteiger partial charge in [-0.1, -0.05) is 0 Å². The average Bonchev–Trinajstić information content (AvgIpc) is 3.05. The van der Waals surface area contributed by atoms with Gasteiger partial charge in [0.25, 0.3) is 5.56 Å². The summed E-state index contributed by atoms with van der Waals surface area (Å²) in [6.07, 6.45) is 4.75. The number of ether oxygens (including phenoxy) is 3. The number of methoxy groups -OCH3 is 1. The number of aromatic amines is 1. The van der Waals surface area contributed by atoms with E-state index in [0.29, 0.717) is 25.8 Å². The van der Waals surface area contributed by atoms with Crippen LogP contribution in [0.1, 0.15) is 46.0 Å². The SMILES string of the molecule is COC(CCn1ccc(=O)[nH]c1=O)COC(=O)C1(OC(C)C)CCCC1. The first-order chi connectivity index (χ1) is 12.4. The van der Waals surface area contributed by atoms with Gasteiger partial charge in [-0.2, -0.15) is 0 Å². The van der Waals surface area contributed by atoms with E-state index in [1.54, 1.807) is 0 Å². The molecular weight excluding hydrogens is 340 g/mol. The van der Waals surface area contributed by atoms with Crippen LogP contribution in [-0.4, -0.2) is 47.0 Å². The molecule has 1 N–H and O–H groups in total. The van der Waals surface area contributed by atoms with Crippen molar-refractivity contribution in [2.75, 3.05) is 13.7 Å². The van der Waals surface area contributed by atoms with E-state index in [-0.39, 0.29) is 24.8 Å². The van der Waals surface area contributed by atoms with Crippen LogP contribution in [0.4, 0.5) is 0 Å². The van der Waals surface area contributed by atoms with Crippen molar-refractivity contribution in [2.24, 2.45) is 0 Å². The largest absolute Gasteiger partial charge is 0.461 e. The van der Waals surface area contributed by atoms with Crippen molar-refractivity contribution in [3.05, 3.63) is 33.1 Å². The topological polar surface area (TPSA) is 99.6 Å². The fourth-order valence-corrected chi connectivity index (χ4v) is 3.24. The summed E-state index contributed by atoms with van der Waals surface area (Å²) in [5.74, 6) is -0.341. The molecule has 1 aromatic heterocycles. The molecule has 1 atom stereocenters. The molecule has 0 amide bonds. The number of aromatic nitrogens is 2. The number of hydrogen-bond acceptors (Lipinski definition) is 6. The molecule has 26 heavy (non-hydrogen) atoms. The zero-order valence-electron chi connectivity index (χ0n) is 15.7. The first kappa shape index (κ1) is 20.4. The van der Waals surface area contributed by atoms with Crippen LogP contribution in [0, 0.1) is 0 Å². The molecule has 8 heteroatoms. The van der Waals surface area contributed by atoms with Crippen LogP contribution in [0.15, 0.2) is 21.9 Å². The molecule has 1 heterocycles. The summed E-state index contributed by atoms with van der Waals surface area (Å²) in [7, 11) is 1.53. The number of rotatable bonds is 9. The Morgan fingerprint density at radius 3 is 2.58 bits per heavy atom. The zero-order chi connectivity index (χ0) is 19.2. The molecule has 1 saturated carbocycles. The molecule has 0 bridgehead atoms. The number of hydrogen-bond donors (Lipinski definition) is 1. The molecular formula is C18H28N2O6. The van der Waals surface area contributed by atoms with Crippen molar-refractivity contribution in [3.63, 3.8) is 0 Å². The van der Waals surface area contributed by atoms with Crippen molar-refractivity contribution in [2.45, 2.75) is 70.3 Å². The summed E-state index contributed by atoms with van der Waals surface area (Å²) in [6.45, 7) is 4.26. The van der Waals surface area contributed by atoms with Gasteiger partial charge in [0.05, 0.1) is 12.2 Å². The number of nitrogens with one attached hydrogen (secondary N) is 1. The second-order valence-electron chi connectivity index (χ2n) is 6.92. The lowest BCUT2D eigenvalue weighted by Crippen LogP contribution is -2.43. The van der Waals surface area contributed by atoms with Gasteiger partial charge < -0.3 is 18.8 Å². The lowest BCUT2D eigenvalue weighted by atomic mass is 10.0. The smallest absolute Gasteiger partial charge is 0.338 e. The summed E-state index contributed by atoms with van der Waals surface area (Å²) in [6, 6.07) is 1.29. The van der Waals surface area contributed by atoms with E-state index in [9.17, 15) is 14.4 Å². The summed E-state index contributed by atoms with van der Waals surface area (Å²) < 4.78 is 18.1. The lowest BCUT2D eigenvalue weighted by molar-refractivity contribution is -0.180. The van der Waals surface area contributed by atoms with Gasteiger partial charge in [-0.25, -0.2) is 9.59 Å². The van der Waals surface area contributed by atoms with Gasteiger partial charge in [0.15, 0.2) is 5.60 Å². The summed E-state index contributed by atoms with van der Waals surface area (Å²) >= 11 is 0. The monoisotopic (exact) mass is 368 g/mol. The van der Waals surface area contributed by atoms with E-state index >= 15 is 0 Å². The van der Waals surface area contributed by atoms with E-state index in [1.165, 1.54) is 23.9 Å². The van der Waals surface area contributed by atoms with Gasteiger partial charge in [0, 0.05) is 25.9 Å². The number of carbonyl (C=O) groups is 1. The molecule has 1 fully saturated rings. The van der Waals surface area contributed by atoms with Crippen molar-refractivity contribution in [1.29, 1.82) is 0 Å². The molecule has 0 aliphatic heterocycles. The quantitative estimate of drug-likeness (QED) is 0.658. The average molecular weight is 368 g/mol. The van der Waals surface area contributed by atoms with Crippen LogP contribution >= 0.6 is 0 Å². The molecule has 1 aliphatic rings. The van der Waals surface area contributed by atoms with E-state index < -0.39 is 16.9 Å². The Labute approximate surface area is 152 Å². The maximum absolute atomic E-state index is 12.6. The maximum Gasteiger partial charge on any atom is 0.338 e. The van der Waals surface area contributed by atoms with Crippen molar-refractivity contribution in [3.8, 4) is 0 Å². The predicted molar refractivity (Wildman–Crippen MR) is 95.1 cm³/mol. The van der Waals surface area contributed by atoms with Crippen LogP contribution in [0.3, 0.4) is 0 Å². The molecule has 0 saturated heterocycles. The molecule has 0 radical (unpaired) electrons. The van der Waals surface area contributed by atoms with Crippen molar-refractivity contribution >= 4 is 5.97 Å². The highest BCUT2D eigenvalue weighted by Crippen LogP contribution is 2.35. The van der Waals surface area contributed by atoms with Gasteiger partial charge in [0.2, 0.25) is 0 Å². The second-order valence-corrected chi connectivity index (χ2v) is 6.92. The Hall–Kier alpha value is -1.93. The summed E-state index contributed by atoms with van der Waals surface area (Å²) in [5, 5.41) is 0. The van der Waals surface area contributed by atoms with Gasteiger partial charge in [-0.05, 0) is 46.0 Å². The maximum atomic E-state index is 12.6. The molecule has 0 spiro atoms. The Morgan fingerprint density at radius 2 is 2.00 bits per heavy atom. The molecule has 1 aliphatic carbocycles. The van der Waals surface area contributed by atoms with Crippen LogP contribution in [0.25, 0.3) is 0 Å². The molecule has 2 rings (SSSR count). The minimum absolute atomic E-state index is 0.0500. The normalized spacial score (nSPS) is 17.4. The highest BCUT2D eigenvalue weighted by molar-refractivity contribution is 5.80. The second kappa shape index (κ2) is 9.14. The summed E-state index contributed by atoms with van der Waals surface area (Å²) in [5.41, 5.74) is -1.75.